The number of nitrogens with zero attached hydrogens (tertiary/aromatic N) is 1. The minimum atomic E-state index is -1.78. The third-order valence-electron chi connectivity index (χ3n) is 6.17. The molecule has 154 valence electrons. The van der Waals surface area contributed by atoms with Crippen molar-refractivity contribution in [1.82, 2.24) is 4.90 Å². The molecule has 1 rings (SSSR count). The van der Waals surface area contributed by atoms with E-state index in [-0.39, 0.29) is 16.5 Å². The maximum absolute atomic E-state index is 12.3. The predicted octanol–water partition coefficient (Wildman–Crippen LogP) is 4.80. The number of aliphatic hydroxyl groups is 1. The van der Waals surface area contributed by atoms with E-state index < -0.39 is 20.0 Å². The minimum Gasteiger partial charge on any atom is -0.444 e. The first-order valence-corrected chi connectivity index (χ1v) is 12.8. The second-order valence-electron chi connectivity index (χ2n) is 10.4. The molecule has 0 radical (unpaired) electrons. The summed E-state index contributed by atoms with van der Waals surface area (Å²) in [4.78, 5) is 14.0. The smallest absolute Gasteiger partial charge is 0.410 e. The highest BCUT2D eigenvalue weighted by Gasteiger charge is 2.42. The number of ether oxygens (including phenoxy) is 1. The lowest BCUT2D eigenvalue weighted by Crippen LogP contribution is -2.49. The molecule has 1 aliphatic heterocycles. The molecule has 1 amide bonds. The third kappa shape index (κ3) is 6.24. The SMILES string of the molecule is CC(O)C1(CCO[Si](C)(C)C(C)(C)C)CCN(C(=O)OC(C)(C)C)CC1. The molecule has 1 heterocycles. The van der Waals surface area contributed by atoms with Crippen molar-refractivity contribution in [2.24, 2.45) is 5.41 Å². The van der Waals surface area contributed by atoms with Crippen molar-refractivity contribution in [2.45, 2.75) is 97.6 Å². The van der Waals surface area contributed by atoms with Crippen LogP contribution in [0.3, 0.4) is 0 Å². The summed E-state index contributed by atoms with van der Waals surface area (Å²) in [5, 5.41) is 10.6. The van der Waals surface area contributed by atoms with Gasteiger partial charge < -0.3 is 19.2 Å². The van der Waals surface area contributed by atoms with Crippen molar-refractivity contribution in [3.8, 4) is 0 Å². The summed E-state index contributed by atoms with van der Waals surface area (Å²) < 4.78 is 11.8. The normalized spacial score (nSPS) is 20.0. The molecule has 1 fully saturated rings. The highest BCUT2D eigenvalue weighted by molar-refractivity contribution is 6.74. The maximum Gasteiger partial charge on any atom is 0.410 e. The molecule has 1 saturated heterocycles. The van der Waals surface area contributed by atoms with Crippen LogP contribution in [0.4, 0.5) is 4.79 Å². The largest absolute Gasteiger partial charge is 0.444 e. The van der Waals surface area contributed by atoms with E-state index in [0.29, 0.717) is 19.7 Å². The summed E-state index contributed by atoms with van der Waals surface area (Å²) in [6.07, 6.45) is 1.73. The number of hydrogen-bond donors (Lipinski definition) is 1. The summed E-state index contributed by atoms with van der Waals surface area (Å²) in [5.74, 6) is 0. The van der Waals surface area contributed by atoms with Crippen molar-refractivity contribution >= 4 is 14.4 Å². The topological polar surface area (TPSA) is 59.0 Å². The van der Waals surface area contributed by atoms with Gasteiger partial charge >= 0.3 is 6.09 Å². The summed E-state index contributed by atoms with van der Waals surface area (Å²) in [5.41, 5.74) is -0.659. The molecule has 1 atom stereocenters. The van der Waals surface area contributed by atoms with Gasteiger partial charge in [-0.2, -0.15) is 0 Å². The lowest BCUT2D eigenvalue weighted by Gasteiger charge is -2.45. The highest BCUT2D eigenvalue weighted by Crippen LogP contribution is 2.41. The molecule has 0 saturated carbocycles. The van der Waals surface area contributed by atoms with Gasteiger partial charge in [0, 0.05) is 25.1 Å². The Morgan fingerprint density at radius 3 is 2.04 bits per heavy atom. The van der Waals surface area contributed by atoms with Gasteiger partial charge in [0.25, 0.3) is 0 Å². The van der Waals surface area contributed by atoms with Crippen LogP contribution in [0.25, 0.3) is 0 Å². The molecule has 0 bridgehead atoms. The van der Waals surface area contributed by atoms with Gasteiger partial charge in [0.1, 0.15) is 5.60 Å². The Kier molecular flexibility index (Phi) is 7.39. The monoisotopic (exact) mass is 387 g/mol. The summed E-state index contributed by atoms with van der Waals surface area (Å²) in [6, 6.07) is 0. The second-order valence-corrected chi connectivity index (χ2v) is 15.2. The number of amides is 1. The number of carbonyl (C=O) groups is 1. The van der Waals surface area contributed by atoms with Gasteiger partial charge in [-0.15, -0.1) is 0 Å². The summed E-state index contributed by atoms with van der Waals surface area (Å²) in [7, 11) is -1.78. The Labute approximate surface area is 161 Å². The number of hydrogen-bond acceptors (Lipinski definition) is 4. The fraction of sp³-hybridized carbons (Fsp3) is 0.950. The Bertz CT molecular complexity index is 469. The molecule has 0 aliphatic carbocycles. The van der Waals surface area contributed by atoms with Crippen LogP contribution in [0.15, 0.2) is 0 Å². The molecule has 0 aromatic heterocycles. The van der Waals surface area contributed by atoms with Crippen molar-refractivity contribution in [3.05, 3.63) is 0 Å². The Balaban J connectivity index is 2.64. The zero-order valence-electron chi connectivity index (χ0n) is 18.4. The number of rotatable bonds is 5. The van der Waals surface area contributed by atoms with E-state index in [2.05, 4.69) is 33.9 Å². The van der Waals surface area contributed by atoms with Crippen LogP contribution in [-0.4, -0.2) is 55.8 Å². The van der Waals surface area contributed by atoms with Gasteiger partial charge in [-0.05, 0) is 65.1 Å². The quantitative estimate of drug-likeness (QED) is 0.689. The van der Waals surface area contributed by atoms with Crippen LogP contribution in [0.1, 0.15) is 67.7 Å². The van der Waals surface area contributed by atoms with Crippen LogP contribution in [0.2, 0.25) is 18.1 Å². The molecule has 26 heavy (non-hydrogen) atoms. The van der Waals surface area contributed by atoms with Crippen molar-refractivity contribution in [1.29, 1.82) is 0 Å². The van der Waals surface area contributed by atoms with E-state index in [9.17, 15) is 9.90 Å². The Morgan fingerprint density at radius 2 is 1.65 bits per heavy atom. The average molecular weight is 388 g/mol. The number of piperidine rings is 1. The van der Waals surface area contributed by atoms with Crippen molar-refractivity contribution in [3.63, 3.8) is 0 Å². The number of aliphatic hydroxyl groups excluding tert-OH is 1. The molecule has 5 nitrogen and oxygen atoms in total. The second kappa shape index (κ2) is 8.19. The Morgan fingerprint density at radius 1 is 1.15 bits per heavy atom. The molecule has 0 aromatic carbocycles. The van der Waals surface area contributed by atoms with E-state index in [0.717, 1.165) is 19.3 Å². The van der Waals surface area contributed by atoms with Gasteiger partial charge in [0.2, 0.25) is 0 Å². The van der Waals surface area contributed by atoms with E-state index in [1.165, 1.54) is 0 Å². The molecule has 6 heteroatoms. The maximum atomic E-state index is 12.3. The Hall–Kier alpha value is -0.593. The van der Waals surface area contributed by atoms with Crippen molar-refractivity contribution < 1.29 is 19.1 Å². The molecular weight excluding hydrogens is 346 g/mol. The highest BCUT2D eigenvalue weighted by atomic mass is 28.4. The molecular formula is C20H41NO4Si. The first-order valence-electron chi connectivity index (χ1n) is 9.90. The zero-order chi connectivity index (χ0) is 20.4. The van der Waals surface area contributed by atoms with Gasteiger partial charge in [-0.3, -0.25) is 0 Å². The lowest BCUT2D eigenvalue weighted by molar-refractivity contribution is -0.0363. The van der Waals surface area contributed by atoms with Crippen LogP contribution >= 0.6 is 0 Å². The van der Waals surface area contributed by atoms with Gasteiger partial charge in [0.05, 0.1) is 6.10 Å². The van der Waals surface area contributed by atoms with E-state index in [4.69, 9.17) is 9.16 Å². The lowest BCUT2D eigenvalue weighted by atomic mass is 9.72. The fourth-order valence-electron chi connectivity index (χ4n) is 3.06. The van der Waals surface area contributed by atoms with E-state index >= 15 is 0 Å². The fourth-order valence-corrected chi connectivity index (χ4v) is 4.11. The van der Waals surface area contributed by atoms with E-state index in [1.54, 1.807) is 4.90 Å². The van der Waals surface area contributed by atoms with Crippen molar-refractivity contribution in [2.75, 3.05) is 19.7 Å². The molecule has 1 N–H and O–H groups in total. The van der Waals surface area contributed by atoms with Gasteiger partial charge in [0.15, 0.2) is 8.32 Å². The summed E-state index contributed by atoms with van der Waals surface area (Å²) >= 11 is 0. The first kappa shape index (κ1) is 23.4. The van der Waals surface area contributed by atoms with Gasteiger partial charge in [-0.1, -0.05) is 20.8 Å². The third-order valence-corrected chi connectivity index (χ3v) is 10.7. The molecule has 1 unspecified atom stereocenters. The van der Waals surface area contributed by atoms with Crippen LogP contribution in [0, 0.1) is 5.41 Å². The molecule has 0 spiro atoms. The van der Waals surface area contributed by atoms with Crippen LogP contribution < -0.4 is 0 Å². The summed E-state index contributed by atoms with van der Waals surface area (Å²) in [6.45, 7) is 20.7. The number of carbonyl (C=O) groups excluding carboxylic acids is 1. The molecule has 0 aromatic rings. The predicted molar refractivity (Wildman–Crippen MR) is 109 cm³/mol. The first-order chi connectivity index (χ1) is 11.6. The minimum absolute atomic E-state index is 0.180. The zero-order valence-corrected chi connectivity index (χ0v) is 19.4. The number of likely N-dealkylation sites (tertiary alicyclic amines) is 1. The van der Waals surface area contributed by atoms with Crippen LogP contribution in [-0.2, 0) is 9.16 Å². The van der Waals surface area contributed by atoms with E-state index in [1.807, 2.05) is 27.7 Å². The standard InChI is InChI=1S/C20H41NO4Si/c1-16(22)20(12-15-24-26(8,9)19(5,6)7)10-13-21(14-11-20)17(23)25-18(2,3)4/h16,22H,10-15H2,1-9H3. The van der Waals surface area contributed by atoms with Gasteiger partial charge in [-0.25, -0.2) is 4.79 Å². The molecule has 1 aliphatic rings. The average Bonchev–Trinajstić information content (AvgIpc) is 2.44. The van der Waals surface area contributed by atoms with Crippen LogP contribution in [0.5, 0.6) is 0 Å².